The van der Waals surface area contributed by atoms with Crippen molar-refractivity contribution in [2.24, 2.45) is 0 Å². The molecule has 2 unspecified atom stereocenters. The molecule has 1 aliphatic rings. The maximum absolute atomic E-state index is 12.8. The topological polar surface area (TPSA) is 55.6 Å². The molecule has 1 amide bonds. The summed E-state index contributed by atoms with van der Waals surface area (Å²) in [5.41, 5.74) is 5.55. The van der Waals surface area contributed by atoms with Crippen LogP contribution in [0.4, 0.5) is 0 Å². The minimum absolute atomic E-state index is 0.0930. The van der Waals surface area contributed by atoms with Crippen molar-refractivity contribution in [3.63, 3.8) is 0 Å². The lowest BCUT2D eigenvalue weighted by Gasteiger charge is -2.15. The molecule has 0 saturated heterocycles. The van der Waals surface area contributed by atoms with Crippen molar-refractivity contribution in [3.05, 3.63) is 64.6 Å². The van der Waals surface area contributed by atoms with Crippen molar-refractivity contribution in [1.29, 1.82) is 0 Å². The van der Waals surface area contributed by atoms with Crippen molar-refractivity contribution >= 4 is 11.6 Å². The molecule has 0 radical (unpaired) electrons. The Morgan fingerprint density at radius 3 is 2.92 bits per heavy atom. The first-order valence-corrected chi connectivity index (χ1v) is 8.98. The molecule has 0 fully saturated rings. The Kier molecular flexibility index (Phi) is 3.94. The van der Waals surface area contributed by atoms with Gasteiger partial charge >= 0.3 is 0 Å². The second kappa shape index (κ2) is 6.16. The minimum Gasteiger partial charge on any atom is -0.490 e. The third-order valence-corrected chi connectivity index (χ3v) is 4.95. The molecule has 3 aromatic rings. The second-order valence-corrected chi connectivity index (χ2v) is 7.16. The van der Waals surface area contributed by atoms with Crippen LogP contribution < -0.4 is 10.1 Å². The molecule has 0 bridgehead atoms. The van der Waals surface area contributed by atoms with Crippen LogP contribution in [0.1, 0.15) is 52.8 Å². The number of nitrogens with one attached hydrogen (secondary N) is 1. The molecular weight excluding hydrogens is 326 g/mol. The van der Waals surface area contributed by atoms with Gasteiger partial charge in [0.15, 0.2) is 0 Å². The van der Waals surface area contributed by atoms with Gasteiger partial charge in [-0.3, -0.25) is 4.79 Å². The van der Waals surface area contributed by atoms with Crippen LogP contribution in [-0.2, 0) is 6.42 Å². The lowest BCUT2D eigenvalue weighted by molar-refractivity contribution is 0.0941. The van der Waals surface area contributed by atoms with Gasteiger partial charge in [0.05, 0.1) is 11.6 Å². The smallest absolute Gasteiger partial charge is 0.255 e. The molecule has 1 N–H and O–H groups in total. The number of aromatic nitrogens is 2. The number of benzene rings is 1. The summed E-state index contributed by atoms with van der Waals surface area (Å²) in [5.74, 6) is 0.843. The average Bonchev–Trinajstić information content (AvgIpc) is 3.16. The third kappa shape index (κ3) is 2.83. The van der Waals surface area contributed by atoms with E-state index in [1.54, 1.807) is 0 Å². The summed E-state index contributed by atoms with van der Waals surface area (Å²) in [6.07, 6.45) is 3.02. The van der Waals surface area contributed by atoms with Gasteiger partial charge in [-0.15, -0.1) is 0 Å². The molecule has 2 aromatic heterocycles. The van der Waals surface area contributed by atoms with Crippen molar-refractivity contribution in [2.45, 2.75) is 46.3 Å². The first kappa shape index (κ1) is 16.6. The molecule has 0 spiro atoms. The van der Waals surface area contributed by atoms with Crippen LogP contribution >= 0.6 is 0 Å². The minimum atomic E-state index is -0.109. The van der Waals surface area contributed by atoms with Crippen LogP contribution in [0.5, 0.6) is 5.75 Å². The van der Waals surface area contributed by atoms with Crippen molar-refractivity contribution in [3.8, 4) is 5.75 Å². The average molecular weight is 349 g/mol. The number of rotatable bonds is 3. The zero-order valence-electron chi connectivity index (χ0n) is 15.5. The predicted molar refractivity (Wildman–Crippen MR) is 101 cm³/mol. The van der Waals surface area contributed by atoms with E-state index >= 15 is 0 Å². The molecule has 4 rings (SSSR count). The van der Waals surface area contributed by atoms with Crippen LogP contribution in [-0.4, -0.2) is 21.4 Å². The fourth-order valence-corrected chi connectivity index (χ4v) is 3.64. The van der Waals surface area contributed by atoms with E-state index in [1.165, 1.54) is 5.56 Å². The lowest BCUT2D eigenvalue weighted by atomic mass is 10.0. The van der Waals surface area contributed by atoms with E-state index in [0.29, 0.717) is 11.2 Å². The van der Waals surface area contributed by atoms with E-state index in [1.807, 2.05) is 55.6 Å². The van der Waals surface area contributed by atoms with Crippen molar-refractivity contribution in [1.82, 2.24) is 14.7 Å². The molecular formula is C21H23N3O2. The Balaban J connectivity index is 1.58. The van der Waals surface area contributed by atoms with Crippen molar-refractivity contribution < 1.29 is 9.53 Å². The first-order chi connectivity index (χ1) is 12.4. The molecule has 1 aromatic carbocycles. The van der Waals surface area contributed by atoms with E-state index < -0.39 is 0 Å². The summed E-state index contributed by atoms with van der Waals surface area (Å²) in [4.78, 5) is 17.4. The Morgan fingerprint density at radius 2 is 2.12 bits per heavy atom. The van der Waals surface area contributed by atoms with E-state index in [0.717, 1.165) is 29.1 Å². The number of fused-ring (bicyclic) bond motifs is 2. The van der Waals surface area contributed by atoms with Gasteiger partial charge in [0.25, 0.3) is 5.91 Å². The first-order valence-electron chi connectivity index (χ1n) is 8.98. The number of hydrogen-bond donors (Lipinski definition) is 1. The van der Waals surface area contributed by atoms with E-state index in [-0.39, 0.29) is 18.1 Å². The van der Waals surface area contributed by atoms with E-state index in [4.69, 9.17) is 4.74 Å². The normalized spacial score (nSPS) is 17.0. The van der Waals surface area contributed by atoms with Gasteiger partial charge in [-0.05, 0) is 63.1 Å². The summed E-state index contributed by atoms with van der Waals surface area (Å²) in [7, 11) is 0. The summed E-state index contributed by atoms with van der Waals surface area (Å²) < 4.78 is 7.70. The summed E-state index contributed by atoms with van der Waals surface area (Å²) in [5, 5.41) is 3.10. The molecule has 26 heavy (non-hydrogen) atoms. The number of amides is 1. The molecule has 5 heteroatoms. The fraction of sp³-hybridized carbons (Fsp3) is 0.333. The maximum Gasteiger partial charge on any atom is 0.255 e. The predicted octanol–water partition coefficient (Wildman–Crippen LogP) is 3.77. The SMILES string of the molecule is Cc1cc(C)n2ccc(C(=O)NC(C)c3ccc4c(c3)CC(C)O4)c2n1. The highest BCUT2D eigenvalue weighted by atomic mass is 16.5. The fourth-order valence-electron chi connectivity index (χ4n) is 3.64. The zero-order valence-corrected chi connectivity index (χ0v) is 15.5. The van der Waals surface area contributed by atoms with Crippen LogP contribution in [0, 0.1) is 13.8 Å². The summed E-state index contributed by atoms with van der Waals surface area (Å²) >= 11 is 0. The van der Waals surface area contributed by atoms with Crippen LogP contribution in [0.3, 0.4) is 0 Å². The molecule has 2 atom stereocenters. The third-order valence-electron chi connectivity index (χ3n) is 4.95. The quantitative estimate of drug-likeness (QED) is 0.783. The van der Waals surface area contributed by atoms with Crippen molar-refractivity contribution in [2.75, 3.05) is 0 Å². The largest absolute Gasteiger partial charge is 0.490 e. The number of ether oxygens (including phenoxy) is 1. The standard InChI is InChI=1S/C21H23N3O2/c1-12-9-13(2)24-8-7-18(20(24)22-12)21(25)23-15(4)16-5-6-19-17(11-16)10-14(3)26-19/h5-9,11,14-15H,10H2,1-4H3,(H,23,25). The molecule has 0 saturated carbocycles. The van der Waals surface area contributed by atoms with Gasteiger partial charge in [0, 0.05) is 24.0 Å². The van der Waals surface area contributed by atoms with E-state index in [9.17, 15) is 4.79 Å². The number of nitrogens with zero attached hydrogens (tertiary/aromatic N) is 2. The highest BCUT2D eigenvalue weighted by Crippen LogP contribution is 2.31. The van der Waals surface area contributed by atoms with Gasteiger partial charge in [-0.25, -0.2) is 4.98 Å². The highest BCUT2D eigenvalue weighted by molar-refractivity contribution is 6.00. The lowest BCUT2D eigenvalue weighted by Crippen LogP contribution is -2.26. The Hall–Kier alpha value is -2.82. The van der Waals surface area contributed by atoms with Gasteiger partial charge < -0.3 is 14.5 Å². The molecule has 0 aliphatic carbocycles. The summed E-state index contributed by atoms with van der Waals surface area (Å²) in [6, 6.07) is 9.89. The van der Waals surface area contributed by atoms with Gasteiger partial charge in [-0.1, -0.05) is 6.07 Å². The van der Waals surface area contributed by atoms with Gasteiger partial charge in [0.1, 0.15) is 17.5 Å². The number of carbonyl (C=O) groups is 1. The highest BCUT2D eigenvalue weighted by Gasteiger charge is 2.21. The molecule has 134 valence electrons. The van der Waals surface area contributed by atoms with Gasteiger partial charge in [0.2, 0.25) is 0 Å². The monoisotopic (exact) mass is 349 g/mol. The zero-order chi connectivity index (χ0) is 18.4. The Bertz CT molecular complexity index is 1010. The molecule has 1 aliphatic heterocycles. The van der Waals surface area contributed by atoms with E-state index in [2.05, 4.69) is 23.3 Å². The second-order valence-electron chi connectivity index (χ2n) is 7.16. The van der Waals surface area contributed by atoms with Crippen LogP contribution in [0.25, 0.3) is 5.65 Å². The Morgan fingerprint density at radius 1 is 1.31 bits per heavy atom. The number of hydrogen-bond acceptors (Lipinski definition) is 3. The van der Waals surface area contributed by atoms with Crippen LogP contribution in [0.2, 0.25) is 0 Å². The Labute approximate surface area is 153 Å². The molecule has 5 nitrogen and oxygen atoms in total. The van der Waals surface area contributed by atoms with Crippen LogP contribution in [0.15, 0.2) is 36.5 Å². The number of carbonyl (C=O) groups excluding carboxylic acids is 1. The molecule has 3 heterocycles. The van der Waals surface area contributed by atoms with Gasteiger partial charge in [-0.2, -0.15) is 0 Å². The number of aryl methyl sites for hydroxylation is 2. The maximum atomic E-state index is 12.8. The summed E-state index contributed by atoms with van der Waals surface area (Å²) in [6.45, 7) is 8.03.